The van der Waals surface area contributed by atoms with E-state index in [9.17, 15) is 32.6 Å². The van der Waals surface area contributed by atoms with Gasteiger partial charge in [-0.3, -0.25) is 18.9 Å². The molecule has 41 heavy (non-hydrogen) atoms. The molecule has 3 atom stereocenters. The van der Waals surface area contributed by atoms with Gasteiger partial charge in [0.2, 0.25) is 11.8 Å². The zero-order chi connectivity index (χ0) is 29.9. The van der Waals surface area contributed by atoms with Crippen LogP contribution < -0.4 is 10.6 Å². The molecular weight excluding hydrogens is 579 g/mol. The van der Waals surface area contributed by atoms with Crippen LogP contribution in [0.1, 0.15) is 49.0 Å². The van der Waals surface area contributed by atoms with Crippen LogP contribution in [0.2, 0.25) is 5.02 Å². The molecule has 4 rings (SSSR count). The summed E-state index contributed by atoms with van der Waals surface area (Å²) >= 11 is 5.79. The van der Waals surface area contributed by atoms with Gasteiger partial charge in [0.15, 0.2) is 5.78 Å². The molecule has 1 aliphatic heterocycles. The second-order valence-electron chi connectivity index (χ2n) is 9.96. The normalized spacial score (nSPS) is 18.4. The second kappa shape index (κ2) is 12.8. The number of ketones is 1. The molecular formula is C28H31ClF2N3O6P. The Balaban J connectivity index is 1.56. The van der Waals surface area contributed by atoms with E-state index in [0.717, 1.165) is 11.3 Å². The van der Waals surface area contributed by atoms with E-state index in [4.69, 9.17) is 16.1 Å². The van der Waals surface area contributed by atoms with Gasteiger partial charge < -0.3 is 24.2 Å². The number of benzene rings is 2. The number of halogens is 3. The van der Waals surface area contributed by atoms with E-state index in [2.05, 4.69) is 5.32 Å². The first-order valence-electron chi connectivity index (χ1n) is 13.2. The number of nitrogens with one attached hydrogen (secondary N) is 1. The highest BCUT2D eigenvalue weighted by Gasteiger charge is 2.40. The molecule has 13 heteroatoms. The Kier molecular flexibility index (Phi) is 9.64. The van der Waals surface area contributed by atoms with Crippen molar-refractivity contribution in [3.05, 3.63) is 64.6 Å². The maximum absolute atomic E-state index is 14.5. The smallest absolute Gasteiger partial charge is 0.350 e. The largest absolute Gasteiger partial charge is 0.358 e. The molecule has 3 aromatic rings. The zero-order valence-electron chi connectivity index (χ0n) is 22.6. The number of aromatic nitrogens is 1. The first kappa shape index (κ1) is 30.8. The third-order valence-electron chi connectivity index (χ3n) is 7.00. The van der Waals surface area contributed by atoms with Gasteiger partial charge in [-0.25, -0.2) is 8.78 Å². The summed E-state index contributed by atoms with van der Waals surface area (Å²) in [5.41, 5.74) is 0.772. The van der Waals surface area contributed by atoms with Gasteiger partial charge in [-0.05, 0) is 31.5 Å². The molecule has 1 aromatic heterocycles. The summed E-state index contributed by atoms with van der Waals surface area (Å²) < 4.78 is 48.2. The number of fused-ring (bicyclic) bond motifs is 1. The van der Waals surface area contributed by atoms with E-state index in [0.29, 0.717) is 22.9 Å². The van der Waals surface area contributed by atoms with Crippen LogP contribution in [0, 0.1) is 5.82 Å². The minimum Gasteiger partial charge on any atom is -0.350 e. The van der Waals surface area contributed by atoms with Crippen LogP contribution in [0.15, 0.2) is 42.6 Å². The molecule has 2 heterocycles. The number of unbranched alkanes of at least 4 members (excludes halogenated alkanes) is 1. The van der Waals surface area contributed by atoms with Gasteiger partial charge in [0.25, 0.3) is 0 Å². The molecule has 0 bridgehead atoms. The molecule has 0 aliphatic carbocycles. The summed E-state index contributed by atoms with van der Waals surface area (Å²) in [4.78, 5) is 50.3. The summed E-state index contributed by atoms with van der Waals surface area (Å²) in [6.45, 7) is 2.49. The lowest BCUT2D eigenvalue weighted by molar-refractivity contribution is -0.139. The van der Waals surface area contributed by atoms with Gasteiger partial charge in [-0.2, -0.15) is 0 Å². The predicted octanol–water partition coefficient (Wildman–Crippen LogP) is 4.52. The monoisotopic (exact) mass is 609 g/mol. The number of carbonyl (C=O) groups excluding carboxylic acids is 3. The van der Waals surface area contributed by atoms with E-state index >= 15 is 0 Å². The number of amides is 2. The first-order chi connectivity index (χ1) is 19.4. The lowest BCUT2D eigenvalue weighted by Crippen LogP contribution is -2.46. The quantitative estimate of drug-likeness (QED) is 0.188. The van der Waals surface area contributed by atoms with Gasteiger partial charge in [-0.1, -0.05) is 43.1 Å². The second-order valence-corrected chi connectivity index (χ2v) is 12.2. The van der Waals surface area contributed by atoms with Crippen molar-refractivity contribution < 1.29 is 37.1 Å². The molecule has 220 valence electrons. The molecule has 1 unspecified atom stereocenters. The van der Waals surface area contributed by atoms with Crippen LogP contribution in [0.5, 0.6) is 0 Å². The topological polar surface area (TPSA) is 118 Å². The highest BCUT2D eigenvalue weighted by atomic mass is 35.5. The molecule has 2 N–H and O–H groups in total. The molecule has 1 fully saturated rings. The minimum atomic E-state index is -4.17. The molecule has 0 spiro atoms. The summed E-state index contributed by atoms with van der Waals surface area (Å²) in [6, 6.07) is 7.55. The van der Waals surface area contributed by atoms with Crippen molar-refractivity contribution in [1.29, 1.82) is 0 Å². The van der Waals surface area contributed by atoms with Crippen molar-refractivity contribution >= 4 is 53.0 Å². The van der Waals surface area contributed by atoms with Crippen LogP contribution >= 0.6 is 19.2 Å². The van der Waals surface area contributed by atoms with Crippen LogP contribution in [0.25, 0.3) is 10.9 Å². The number of Topliss-reactive ketones (excluding diaryl/α,β-unsaturated/α-hetero) is 1. The number of carbonyl (C=O) groups is 3. The molecule has 2 aromatic carbocycles. The van der Waals surface area contributed by atoms with Crippen LogP contribution in [0.3, 0.4) is 0 Å². The summed E-state index contributed by atoms with van der Waals surface area (Å²) in [5, 5.41) is 2.91. The summed E-state index contributed by atoms with van der Waals surface area (Å²) in [5.74, 6) is -2.20. The lowest BCUT2D eigenvalue weighted by Gasteiger charge is -2.24. The van der Waals surface area contributed by atoms with Crippen LogP contribution in [0.4, 0.5) is 8.78 Å². The number of rotatable bonds is 11. The highest BCUT2D eigenvalue weighted by molar-refractivity contribution is 7.61. The maximum atomic E-state index is 14.5. The Hall–Kier alpha value is -3.11. The van der Waals surface area contributed by atoms with E-state index in [1.807, 2.05) is 6.92 Å². The van der Waals surface area contributed by atoms with Gasteiger partial charge in [0, 0.05) is 35.7 Å². The van der Waals surface area contributed by atoms with E-state index < -0.39 is 37.4 Å². The van der Waals surface area contributed by atoms with Gasteiger partial charge >= 0.3 is 7.60 Å². The van der Waals surface area contributed by atoms with Crippen molar-refractivity contribution in [2.24, 2.45) is 0 Å². The number of likely N-dealkylation sites (tertiary alicyclic amines) is 1. The van der Waals surface area contributed by atoms with Gasteiger partial charge in [0.1, 0.15) is 24.6 Å². The fourth-order valence-electron chi connectivity index (χ4n) is 4.81. The zero-order valence-corrected chi connectivity index (χ0v) is 24.3. The number of hydrogen-bond acceptors (Lipinski definition) is 5. The third kappa shape index (κ3) is 6.86. The van der Waals surface area contributed by atoms with Crippen molar-refractivity contribution in [1.82, 2.24) is 14.8 Å². The number of alkyl halides is 1. The van der Waals surface area contributed by atoms with Crippen LogP contribution in [-0.2, 0) is 31.8 Å². The SMILES string of the molecule is CCCCOP(=O)(O)c1ccc2c(C(C)=O)cn(CC(=O)N3C[C@H](F)C[C@H]3C(=O)NCc3cccc(Cl)c3F)c2c1. The Morgan fingerprint density at radius 3 is 2.71 bits per heavy atom. The van der Waals surface area contributed by atoms with E-state index in [-0.39, 0.29) is 54.3 Å². The van der Waals surface area contributed by atoms with E-state index in [1.165, 1.54) is 54.1 Å². The average molecular weight is 610 g/mol. The molecule has 0 saturated carbocycles. The molecule has 9 nitrogen and oxygen atoms in total. The van der Waals surface area contributed by atoms with Crippen molar-refractivity contribution in [2.75, 3.05) is 13.2 Å². The molecule has 1 saturated heterocycles. The van der Waals surface area contributed by atoms with Crippen molar-refractivity contribution in [3.63, 3.8) is 0 Å². The average Bonchev–Trinajstić information content (AvgIpc) is 3.50. The molecule has 1 aliphatic rings. The summed E-state index contributed by atoms with van der Waals surface area (Å²) in [7, 11) is -4.17. The van der Waals surface area contributed by atoms with Gasteiger partial charge in [-0.15, -0.1) is 0 Å². The minimum absolute atomic E-state index is 0.00139. The Labute approximate surface area is 240 Å². The third-order valence-corrected chi connectivity index (χ3v) is 8.75. The summed E-state index contributed by atoms with van der Waals surface area (Å²) in [6.07, 6.45) is 1.15. The van der Waals surface area contributed by atoms with Gasteiger partial charge in [0.05, 0.1) is 29.0 Å². The molecule has 0 radical (unpaired) electrons. The number of nitrogens with zero attached hydrogens (tertiary/aromatic N) is 2. The Bertz CT molecular complexity index is 1530. The fraction of sp³-hybridized carbons (Fsp3) is 0.393. The predicted molar refractivity (Wildman–Crippen MR) is 151 cm³/mol. The van der Waals surface area contributed by atoms with Crippen molar-refractivity contribution in [3.8, 4) is 0 Å². The standard InChI is InChI=1S/C28H31ClF2N3O6P/c1-3-4-10-40-41(38,39)20-8-9-21-22(17(2)35)15-33(24(21)12-20)16-26(36)34-14-19(30)11-25(34)28(37)32-13-18-6-5-7-23(29)27(18)31/h5-9,12,15,19,25H,3-4,10-11,13-14,16H2,1-2H3,(H,32,37)(H,38,39)/t19-,25+/m1/s1. The van der Waals surface area contributed by atoms with Crippen LogP contribution in [-0.4, -0.2) is 57.3 Å². The fourth-order valence-corrected chi connectivity index (χ4v) is 6.07. The Morgan fingerprint density at radius 2 is 2.00 bits per heavy atom. The maximum Gasteiger partial charge on any atom is 0.358 e. The van der Waals surface area contributed by atoms with Crippen molar-refractivity contribution in [2.45, 2.75) is 58.4 Å². The van der Waals surface area contributed by atoms with E-state index in [1.54, 1.807) is 0 Å². The first-order valence-corrected chi connectivity index (χ1v) is 15.1. The molecule has 2 amide bonds. The number of hydrogen-bond donors (Lipinski definition) is 2. The highest BCUT2D eigenvalue weighted by Crippen LogP contribution is 2.41. The lowest BCUT2D eigenvalue weighted by atomic mass is 10.1. The Morgan fingerprint density at radius 1 is 1.24 bits per heavy atom.